The Bertz CT molecular complexity index is 1350. The number of alkyl halides is 3. The Hall–Kier alpha value is -4.00. The Morgan fingerprint density at radius 3 is 2.49 bits per heavy atom. The molecule has 1 saturated heterocycles. The van der Waals surface area contributed by atoms with Crippen LogP contribution in [0.4, 0.5) is 22.0 Å². The molecule has 3 aromatic rings. The van der Waals surface area contributed by atoms with Crippen molar-refractivity contribution in [1.82, 2.24) is 19.9 Å². The van der Waals surface area contributed by atoms with Gasteiger partial charge in [-0.3, -0.25) is 9.78 Å². The number of benzene rings is 1. The third-order valence-corrected chi connectivity index (χ3v) is 6.31. The summed E-state index contributed by atoms with van der Waals surface area (Å²) in [6, 6.07) is 5.32. The number of piperidine rings is 1. The Balaban J connectivity index is 1.49. The molecule has 0 unspecified atom stereocenters. The molecule has 0 bridgehead atoms. The number of aryl methyl sites for hydroxylation is 1. The molecule has 1 aliphatic heterocycles. The van der Waals surface area contributed by atoms with Crippen LogP contribution in [0, 0.1) is 18.6 Å². The third kappa shape index (κ3) is 6.72. The number of halogens is 5. The second-order valence-electron chi connectivity index (χ2n) is 8.91. The van der Waals surface area contributed by atoms with Gasteiger partial charge in [-0.05, 0) is 31.9 Å². The van der Waals surface area contributed by atoms with Crippen LogP contribution in [0.1, 0.15) is 47.1 Å². The van der Waals surface area contributed by atoms with Gasteiger partial charge in [-0.25, -0.2) is 18.7 Å². The van der Waals surface area contributed by atoms with Crippen LogP contribution in [-0.2, 0) is 17.4 Å². The first-order chi connectivity index (χ1) is 18.6. The molecule has 1 aromatic carbocycles. The summed E-state index contributed by atoms with van der Waals surface area (Å²) in [5.41, 5.74) is -0.537. The number of carbonyl (C=O) groups is 1. The minimum Gasteiger partial charge on any atom is -0.390 e. The molecule has 1 fully saturated rings. The van der Waals surface area contributed by atoms with E-state index < -0.39 is 42.4 Å². The maximum absolute atomic E-state index is 14.0. The summed E-state index contributed by atoms with van der Waals surface area (Å²) in [5.74, 6) is -1.92. The van der Waals surface area contributed by atoms with Crippen molar-refractivity contribution < 1.29 is 36.7 Å². The lowest BCUT2D eigenvalue weighted by atomic mass is 9.89. The summed E-state index contributed by atoms with van der Waals surface area (Å²) in [6.45, 7) is 1.68. The lowest BCUT2D eigenvalue weighted by Crippen LogP contribution is -2.39. The van der Waals surface area contributed by atoms with E-state index in [2.05, 4.69) is 20.1 Å². The highest BCUT2D eigenvalue weighted by molar-refractivity contribution is 6.02. The van der Waals surface area contributed by atoms with Crippen molar-refractivity contribution in [2.45, 2.75) is 38.3 Å². The molecule has 2 aromatic heterocycles. The maximum Gasteiger partial charge on any atom is 0.433 e. The van der Waals surface area contributed by atoms with E-state index in [-0.39, 0.29) is 22.9 Å². The van der Waals surface area contributed by atoms with Crippen LogP contribution < -0.4 is 4.84 Å². The molecule has 1 aliphatic rings. The fourth-order valence-corrected chi connectivity index (χ4v) is 4.28. The van der Waals surface area contributed by atoms with E-state index in [9.17, 15) is 31.9 Å². The summed E-state index contributed by atoms with van der Waals surface area (Å²) < 4.78 is 66.8. The van der Waals surface area contributed by atoms with Gasteiger partial charge < -0.3 is 14.8 Å². The Morgan fingerprint density at radius 1 is 1.15 bits per heavy atom. The fraction of sp³-hybridized carbons (Fsp3) is 0.346. The minimum atomic E-state index is -4.67. The molecule has 4 rings (SSSR count). The van der Waals surface area contributed by atoms with Gasteiger partial charge in [0.25, 0.3) is 0 Å². The van der Waals surface area contributed by atoms with Crippen molar-refractivity contribution in [3.05, 3.63) is 82.7 Å². The zero-order valence-electron chi connectivity index (χ0n) is 20.8. The van der Waals surface area contributed by atoms with Gasteiger partial charge in [0.05, 0.1) is 18.7 Å². The molecule has 13 heteroatoms. The predicted molar refractivity (Wildman–Crippen MR) is 129 cm³/mol. The number of nitrogens with zero attached hydrogens (tertiary/aromatic N) is 5. The van der Waals surface area contributed by atoms with Gasteiger partial charge in [-0.1, -0.05) is 11.2 Å². The SMILES string of the molecule is Cc1ncc(/C(CO)=N/Oc2ccnc(C(F)(F)F)c2)c(C2CCN(C(=O)Cc3c(F)cccc3F)CC2)n1. The van der Waals surface area contributed by atoms with Crippen LogP contribution in [0.2, 0.25) is 0 Å². The topological polar surface area (TPSA) is 101 Å². The highest BCUT2D eigenvalue weighted by Gasteiger charge is 2.33. The molecule has 206 valence electrons. The van der Waals surface area contributed by atoms with Crippen LogP contribution in [0.3, 0.4) is 0 Å². The first kappa shape index (κ1) is 28.0. The van der Waals surface area contributed by atoms with Crippen molar-refractivity contribution >= 4 is 11.6 Å². The second kappa shape index (κ2) is 11.8. The molecule has 1 N–H and O–H groups in total. The number of amides is 1. The highest BCUT2D eigenvalue weighted by atomic mass is 19.4. The summed E-state index contributed by atoms with van der Waals surface area (Å²) in [5, 5.41) is 13.8. The van der Waals surface area contributed by atoms with E-state index >= 15 is 0 Å². The number of aliphatic hydroxyl groups is 1. The van der Waals surface area contributed by atoms with Gasteiger partial charge in [0, 0.05) is 54.7 Å². The molecule has 0 radical (unpaired) electrons. The summed E-state index contributed by atoms with van der Waals surface area (Å²) in [4.78, 5) is 31.3. The number of hydrogen-bond acceptors (Lipinski definition) is 7. The fourth-order valence-electron chi connectivity index (χ4n) is 4.28. The predicted octanol–water partition coefficient (Wildman–Crippen LogP) is 4.20. The van der Waals surface area contributed by atoms with Gasteiger partial charge in [-0.2, -0.15) is 13.2 Å². The first-order valence-corrected chi connectivity index (χ1v) is 12.0. The summed E-state index contributed by atoms with van der Waals surface area (Å²) in [7, 11) is 0. The van der Waals surface area contributed by atoms with E-state index in [0.29, 0.717) is 49.1 Å². The largest absolute Gasteiger partial charge is 0.433 e. The molecule has 1 amide bonds. The Labute approximate surface area is 220 Å². The third-order valence-electron chi connectivity index (χ3n) is 6.31. The van der Waals surface area contributed by atoms with Gasteiger partial charge in [0.15, 0.2) is 5.75 Å². The quantitative estimate of drug-likeness (QED) is 0.269. The van der Waals surface area contributed by atoms with E-state index in [1.807, 2.05) is 0 Å². The number of aromatic nitrogens is 3. The number of rotatable bonds is 7. The van der Waals surface area contributed by atoms with Gasteiger partial charge in [-0.15, -0.1) is 0 Å². The molecule has 8 nitrogen and oxygen atoms in total. The molecular formula is C26H24F5N5O3. The zero-order chi connectivity index (χ0) is 28.2. The van der Waals surface area contributed by atoms with Crippen LogP contribution in [0.25, 0.3) is 0 Å². The lowest BCUT2D eigenvalue weighted by molar-refractivity contribution is -0.141. The van der Waals surface area contributed by atoms with Gasteiger partial charge >= 0.3 is 6.18 Å². The minimum absolute atomic E-state index is 0.00362. The molecule has 3 heterocycles. The van der Waals surface area contributed by atoms with Crippen LogP contribution in [-0.4, -0.2) is 56.3 Å². The molecular weight excluding hydrogens is 525 g/mol. The number of carbonyl (C=O) groups excluding carboxylic acids is 1. The number of pyridine rings is 1. The smallest absolute Gasteiger partial charge is 0.390 e. The normalized spacial score (nSPS) is 14.9. The number of oxime groups is 1. The van der Waals surface area contributed by atoms with Crippen molar-refractivity contribution in [3.8, 4) is 5.75 Å². The first-order valence-electron chi connectivity index (χ1n) is 12.0. The van der Waals surface area contributed by atoms with Crippen LogP contribution in [0.15, 0.2) is 47.9 Å². The summed E-state index contributed by atoms with van der Waals surface area (Å²) >= 11 is 0. The molecule has 0 spiro atoms. The number of aliphatic hydroxyl groups excluding tert-OH is 1. The van der Waals surface area contributed by atoms with E-state index in [4.69, 9.17) is 4.84 Å². The Kier molecular flexibility index (Phi) is 8.48. The Morgan fingerprint density at radius 2 is 1.85 bits per heavy atom. The number of likely N-dealkylation sites (tertiary alicyclic amines) is 1. The molecule has 0 aliphatic carbocycles. The monoisotopic (exact) mass is 549 g/mol. The van der Waals surface area contributed by atoms with Crippen LogP contribution >= 0.6 is 0 Å². The lowest BCUT2D eigenvalue weighted by Gasteiger charge is -2.32. The number of hydrogen-bond donors (Lipinski definition) is 1. The van der Waals surface area contributed by atoms with Gasteiger partial charge in [0.2, 0.25) is 5.91 Å². The van der Waals surface area contributed by atoms with E-state index in [1.54, 1.807) is 6.92 Å². The van der Waals surface area contributed by atoms with Crippen molar-refractivity contribution in [2.24, 2.45) is 5.16 Å². The standard InChI is InChI=1S/C26H24F5N5O3/c1-15-33-13-19(22(14-37)35-39-17-5-8-32-23(11-17)26(29,30)31)25(34-15)16-6-9-36(10-7-16)24(38)12-18-20(27)3-2-4-21(18)28/h2-5,8,11,13,16,37H,6-7,9-10,12,14H2,1H3/b35-22+. The van der Waals surface area contributed by atoms with E-state index in [1.165, 1.54) is 23.2 Å². The van der Waals surface area contributed by atoms with Crippen LogP contribution in [0.5, 0.6) is 5.75 Å². The molecule has 0 saturated carbocycles. The maximum atomic E-state index is 14.0. The summed E-state index contributed by atoms with van der Waals surface area (Å²) in [6.07, 6.45) is -1.75. The van der Waals surface area contributed by atoms with Gasteiger partial charge in [0.1, 0.15) is 28.9 Å². The van der Waals surface area contributed by atoms with E-state index in [0.717, 1.165) is 18.3 Å². The van der Waals surface area contributed by atoms with Crippen molar-refractivity contribution in [2.75, 3.05) is 19.7 Å². The zero-order valence-corrected chi connectivity index (χ0v) is 20.8. The average molecular weight is 550 g/mol. The highest BCUT2D eigenvalue weighted by Crippen LogP contribution is 2.31. The van der Waals surface area contributed by atoms with Crippen molar-refractivity contribution in [3.63, 3.8) is 0 Å². The van der Waals surface area contributed by atoms with Crippen molar-refractivity contribution in [1.29, 1.82) is 0 Å². The second-order valence-corrected chi connectivity index (χ2v) is 8.91. The molecule has 39 heavy (non-hydrogen) atoms. The molecule has 0 atom stereocenters. The average Bonchev–Trinajstić information content (AvgIpc) is 2.91.